The lowest BCUT2D eigenvalue weighted by molar-refractivity contribution is -0.119. The second kappa shape index (κ2) is 7.56. The van der Waals surface area contributed by atoms with Gasteiger partial charge in [0.05, 0.1) is 5.60 Å². The third-order valence-corrected chi connectivity index (χ3v) is 5.45. The molecule has 0 aromatic heterocycles. The van der Waals surface area contributed by atoms with E-state index in [1.54, 1.807) is 0 Å². The molecule has 2 fully saturated rings. The largest absolute Gasteiger partial charge is 0.390 e. The van der Waals surface area contributed by atoms with Crippen LogP contribution in [0.1, 0.15) is 62.2 Å². The summed E-state index contributed by atoms with van der Waals surface area (Å²) in [5, 5.41) is 10.5. The van der Waals surface area contributed by atoms with Crippen molar-refractivity contribution in [1.82, 2.24) is 4.90 Å². The number of hydrogen-bond donors (Lipinski definition) is 1. The van der Waals surface area contributed by atoms with E-state index < -0.39 is 5.60 Å². The fourth-order valence-corrected chi connectivity index (χ4v) is 3.89. The molecule has 2 saturated heterocycles. The Morgan fingerprint density at radius 2 is 1.80 bits per heavy atom. The predicted molar refractivity (Wildman–Crippen MR) is 97.6 cm³/mol. The topological polar surface area (TPSA) is 60.9 Å². The Kier molecular flexibility index (Phi) is 5.42. The Morgan fingerprint density at radius 3 is 2.40 bits per heavy atom. The summed E-state index contributed by atoms with van der Waals surface area (Å²) in [5.74, 6) is 0.173. The van der Waals surface area contributed by atoms with Crippen LogP contribution in [0.3, 0.4) is 0 Å². The number of likely N-dealkylation sites (tertiary alicyclic amines) is 1. The highest BCUT2D eigenvalue weighted by Gasteiger charge is 2.33. The summed E-state index contributed by atoms with van der Waals surface area (Å²) in [5.41, 5.74) is 0.913. The van der Waals surface area contributed by atoms with Crippen LogP contribution in [-0.2, 0) is 4.79 Å². The van der Waals surface area contributed by atoms with Gasteiger partial charge in [-0.2, -0.15) is 0 Å². The molecule has 1 aromatic carbocycles. The molecular weight excluding hydrogens is 316 g/mol. The molecule has 0 bridgehead atoms. The van der Waals surface area contributed by atoms with Crippen molar-refractivity contribution in [2.24, 2.45) is 0 Å². The van der Waals surface area contributed by atoms with E-state index in [0.29, 0.717) is 37.9 Å². The first-order valence-electron chi connectivity index (χ1n) is 9.44. The number of aliphatic hydroxyl groups is 1. The van der Waals surface area contributed by atoms with Crippen molar-refractivity contribution in [3.63, 3.8) is 0 Å². The number of benzene rings is 1. The monoisotopic (exact) mass is 344 g/mol. The first-order valence-corrected chi connectivity index (χ1v) is 9.44. The van der Waals surface area contributed by atoms with Crippen LogP contribution in [-0.4, -0.2) is 47.1 Å². The number of nitrogens with zero attached hydrogens (tertiary/aromatic N) is 2. The molecule has 0 unspecified atom stereocenters. The predicted octanol–water partition coefficient (Wildman–Crippen LogP) is 2.97. The van der Waals surface area contributed by atoms with Crippen molar-refractivity contribution in [3.8, 4) is 0 Å². The SMILES string of the molecule is CCCC1(O)CCN(C(=O)c2ccc(N3CCCCC3=O)cc2)CC1. The molecule has 2 heterocycles. The molecule has 25 heavy (non-hydrogen) atoms. The number of amides is 2. The van der Waals surface area contributed by atoms with E-state index in [4.69, 9.17) is 0 Å². The van der Waals surface area contributed by atoms with Gasteiger partial charge in [0.15, 0.2) is 0 Å². The summed E-state index contributed by atoms with van der Waals surface area (Å²) in [4.78, 5) is 28.3. The van der Waals surface area contributed by atoms with E-state index in [2.05, 4.69) is 6.92 Å². The molecule has 1 aromatic rings. The molecule has 2 aliphatic rings. The maximum atomic E-state index is 12.7. The van der Waals surface area contributed by atoms with Crippen LogP contribution in [0.2, 0.25) is 0 Å². The van der Waals surface area contributed by atoms with Crippen LogP contribution in [0.25, 0.3) is 0 Å². The number of piperidine rings is 2. The normalized spacial score (nSPS) is 20.6. The Labute approximate surface area is 149 Å². The molecule has 136 valence electrons. The number of anilines is 1. The van der Waals surface area contributed by atoms with Crippen LogP contribution in [0.5, 0.6) is 0 Å². The van der Waals surface area contributed by atoms with Crippen LogP contribution in [0.15, 0.2) is 24.3 Å². The van der Waals surface area contributed by atoms with Crippen molar-refractivity contribution in [2.45, 2.75) is 57.5 Å². The first-order chi connectivity index (χ1) is 12.0. The van der Waals surface area contributed by atoms with Crippen LogP contribution >= 0.6 is 0 Å². The Bertz CT molecular complexity index is 618. The zero-order valence-electron chi connectivity index (χ0n) is 15.0. The van der Waals surface area contributed by atoms with Gasteiger partial charge in [-0.3, -0.25) is 9.59 Å². The minimum atomic E-state index is -0.607. The summed E-state index contributed by atoms with van der Waals surface area (Å²) in [6, 6.07) is 7.36. The molecule has 5 nitrogen and oxygen atoms in total. The lowest BCUT2D eigenvalue weighted by atomic mass is 9.87. The maximum Gasteiger partial charge on any atom is 0.253 e. The Morgan fingerprint density at radius 1 is 1.12 bits per heavy atom. The molecule has 5 heteroatoms. The standard InChI is InChI=1S/C20H28N2O3/c1-2-10-20(25)11-14-21(15-12-20)19(24)16-6-8-17(9-7-16)22-13-4-3-5-18(22)23/h6-9,25H,2-5,10-15H2,1H3. The number of carbonyl (C=O) groups excluding carboxylic acids is 2. The lowest BCUT2D eigenvalue weighted by Crippen LogP contribution is -2.46. The van der Waals surface area contributed by atoms with Gasteiger partial charge in [0, 0.05) is 37.3 Å². The Balaban J connectivity index is 1.62. The summed E-state index contributed by atoms with van der Waals surface area (Å²) in [7, 11) is 0. The quantitative estimate of drug-likeness (QED) is 0.913. The van der Waals surface area contributed by atoms with Gasteiger partial charge in [-0.15, -0.1) is 0 Å². The second-order valence-corrected chi connectivity index (χ2v) is 7.32. The highest BCUT2D eigenvalue weighted by molar-refractivity contribution is 5.97. The molecule has 0 atom stereocenters. The highest BCUT2D eigenvalue weighted by atomic mass is 16.3. The molecule has 1 N–H and O–H groups in total. The summed E-state index contributed by atoms with van der Waals surface area (Å²) >= 11 is 0. The van der Waals surface area contributed by atoms with Crippen molar-refractivity contribution >= 4 is 17.5 Å². The van der Waals surface area contributed by atoms with E-state index in [9.17, 15) is 14.7 Å². The van der Waals surface area contributed by atoms with Gasteiger partial charge >= 0.3 is 0 Å². The van der Waals surface area contributed by atoms with Crippen molar-refractivity contribution in [1.29, 1.82) is 0 Å². The Hall–Kier alpha value is -1.88. The van der Waals surface area contributed by atoms with Gasteiger partial charge in [0.2, 0.25) is 5.91 Å². The molecule has 0 radical (unpaired) electrons. The third kappa shape index (κ3) is 4.03. The second-order valence-electron chi connectivity index (χ2n) is 7.32. The fourth-order valence-electron chi connectivity index (χ4n) is 3.89. The zero-order valence-corrected chi connectivity index (χ0v) is 15.0. The average Bonchev–Trinajstić information content (AvgIpc) is 2.62. The van der Waals surface area contributed by atoms with Crippen LogP contribution in [0, 0.1) is 0 Å². The van der Waals surface area contributed by atoms with Gasteiger partial charge < -0.3 is 14.9 Å². The summed E-state index contributed by atoms with van der Waals surface area (Å²) in [6.07, 6.45) is 5.65. The van der Waals surface area contributed by atoms with Crippen LogP contribution in [0.4, 0.5) is 5.69 Å². The average molecular weight is 344 g/mol. The van der Waals surface area contributed by atoms with E-state index in [1.165, 1.54) is 0 Å². The minimum absolute atomic E-state index is 0.00932. The molecule has 0 saturated carbocycles. The molecule has 0 spiro atoms. The van der Waals surface area contributed by atoms with Gasteiger partial charge in [-0.25, -0.2) is 0 Å². The highest BCUT2D eigenvalue weighted by Crippen LogP contribution is 2.28. The molecule has 2 amide bonds. The van der Waals surface area contributed by atoms with Crippen molar-refractivity contribution in [2.75, 3.05) is 24.5 Å². The van der Waals surface area contributed by atoms with E-state index >= 15 is 0 Å². The molecule has 2 aliphatic heterocycles. The third-order valence-electron chi connectivity index (χ3n) is 5.45. The molecular formula is C20H28N2O3. The summed E-state index contributed by atoms with van der Waals surface area (Å²) < 4.78 is 0. The molecule has 0 aliphatic carbocycles. The zero-order chi connectivity index (χ0) is 17.9. The smallest absolute Gasteiger partial charge is 0.253 e. The van der Waals surface area contributed by atoms with Crippen molar-refractivity contribution < 1.29 is 14.7 Å². The van der Waals surface area contributed by atoms with Gasteiger partial charge in [-0.05, 0) is 56.4 Å². The number of carbonyl (C=O) groups is 2. The van der Waals surface area contributed by atoms with E-state index in [0.717, 1.165) is 37.9 Å². The lowest BCUT2D eigenvalue weighted by Gasteiger charge is -2.38. The summed E-state index contributed by atoms with van der Waals surface area (Å²) in [6.45, 7) is 4.03. The van der Waals surface area contributed by atoms with E-state index in [-0.39, 0.29) is 11.8 Å². The fraction of sp³-hybridized carbons (Fsp3) is 0.600. The van der Waals surface area contributed by atoms with Crippen LogP contribution < -0.4 is 4.90 Å². The van der Waals surface area contributed by atoms with Gasteiger partial charge in [-0.1, -0.05) is 13.3 Å². The van der Waals surface area contributed by atoms with E-state index in [1.807, 2.05) is 34.1 Å². The van der Waals surface area contributed by atoms with Gasteiger partial charge in [0.25, 0.3) is 5.91 Å². The maximum absolute atomic E-state index is 12.7. The number of hydrogen-bond acceptors (Lipinski definition) is 3. The minimum Gasteiger partial charge on any atom is -0.390 e. The first kappa shape index (κ1) is 17.9. The molecule has 3 rings (SSSR count). The van der Waals surface area contributed by atoms with Crippen molar-refractivity contribution in [3.05, 3.63) is 29.8 Å². The van der Waals surface area contributed by atoms with Gasteiger partial charge in [0.1, 0.15) is 0 Å². The number of rotatable bonds is 4.